The molecule has 2 aromatic rings. The molecule has 1 unspecified atom stereocenters. The average molecular weight is 297 g/mol. The highest BCUT2D eigenvalue weighted by Gasteiger charge is 2.11. The molecule has 4 heteroatoms. The molecule has 0 aliphatic rings. The minimum atomic E-state index is -0.863. The van der Waals surface area contributed by atoms with Gasteiger partial charge in [-0.3, -0.25) is 0 Å². The van der Waals surface area contributed by atoms with E-state index in [1.165, 1.54) is 6.07 Å². The topological polar surface area (TPSA) is 9.23 Å². The molecule has 0 saturated heterocycles. The fourth-order valence-corrected chi connectivity index (χ4v) is 2.20. The van der Waals surface area contributed by atoms with E-state index in [0.717, 1.165) is 29.9 Å². The maximum atomic E-state index is 13.1. The molecule has 0 aliphatic heterocycles. The smallest absolute Gasteiger partial charge is 0.159 e. The number of aryl methyl sites for hydroxylation is 1. The van der Waals surface area contributed by atoms with Crippen LogP contribution in [0.2, 0.25) is 0 Å². The van der Waals surface area contributed by atoms with Crippen molar-refractivity contribution in [1.29, 1.82) is 0 Å². The molecule has 1 atom stereocenters. The second kappa shape index (κ2) is 6.71. The van der Waals surface area contributed by atoms with Crippen LogP contribution >= 0.6 is 11.6 Å². The van der Waals surface area contributed by atoms with Gasteiger partial charge in [-0.1, -0.05) is 18.2 Å². The van der Waals surface area contributed by atoms with Crippen LogP contribution in [0.25, 0.3) is 0 Å². The van der Waals surface area contributed by atoms with E-state index in [2.05, 4.69) is 0 Å². The van der Waals surface area contributed by atoms with Crippen molar-refractivity contribution in [3.8, 4) is 5.75 Å². The lowest BCUT2D eigenvalue weighted by Gasteiger charge is -2.10. The molecule has 0 radical (unpaired) electrons. The lowest BCUT2D eigenvalue weighted by Crippen LogP contribution is -1.96. The van der Waals surface area contributed by atoms with Gasteiger partial charge >= 0.3 is 0 Å². The van der Waals surface area contributed by atoms with E-state index in [0.29, 0.717) is 12.0 Å². The van der Waals surface area contributed by atoms with Crippen molar-refractivity contribution in [3.05, 3.63) is 65.2 Å². The molecule has 0 aliphatic carbocycles. The van der Waals surface area contributed by atoms with Crippen LogP contribution in [0.3, 0.4) is 0 Å². The molecule has 0 N–H and O–H groups in total. The van der Waals surface area contributed by atoms with Crippen molar-refractivity contribution in [2.75, 3.05) is 7.11 Å². The summed E-state index contributed by atoms with van der Waals surface area (Å²) in [5.41, 5.74) is 1.72. The monoisotopic (exact) mass is 296 g/mol. The van der Waals surface area contributed by atoms with Crippen LogP contribution in [-0.4, -0.2) is 7.11 Å². The van der Waals surface area contributed by atoms with Gasteiger partial charge in [0.2, 0.25) is 0 Å². The van der Waals surface area contributed by atoms with E-state index in [-0.39, 0.29) is 5.38 Å². The molecule has 0 saturated carbocycles. The van der Waals surface area contributed by atoms with Crippen LogP contribution in [0, 0.1) is 11.6 Å². The van der Waals surface area contributed by atoms with Crippen LogP contribution in [0.5, 0.6) is 5.75 Å². The minimum Gasteiger partial charge on any atom is -0.497 e. The van der Waals surface area contributed by atoms with Crippen molar-refractivity contribution in [2.45, 2.75) is 18.2 Å². The first kappa shape index (κ1) is 14.8. The molecule has 0 fully saturated rings. The van der Waals surface area contributed by atoms with Crippen LogP contribution in [0.1, 0.15) is 22.9 Å². The highest BCUT2D eigenvalue weighted by molar-refractivity contribution is 6.20. The molecule has 2 rings (SSSR count). The lowest BCUT2D eigenvalue weighted by molar-refractivity contribution is 0.414. The summed E-state index contributed by atoms with van der Waals surface area (Å²) in [5.74, 6) is -0.915. The second-order valence-corrected chi connectivity index (χ2v) is 5.05. The van der Waals surface area contributed by atoms with E-state index < -0.39 is 11.6 Å². The minimum absolute atomic E-state index is 0.341. The van der Waals surface area contributed by atoms with E-state index >= 15 is 0 Å². The molecule has 0 aromatic heterocycles. The van der Waals surface area contributed by atoms with Gasteiger partial charge in [-0.2, -0.15) is 0 Å². The summed E-state index contributed by atoms with van der Waals surface area (Å²) in [6.45, 7) is 0. The molecule has 106 valence electrons. The summed E-state index contributed by atoms with van der Waals surface area (Å²) in [6, 6.07) is 11.5. The number of hydrogen-bond acceptors (Lipinski definition) is 1. The summed E-state index contributed by atoms with van der Waals surface area (Å²) in [7, 11) is 1.62. The fraction of sp³-hybridized carbons (Fsp3) is 0.250. The molecular formula is C16H15ClF2O. The van der Waals surface area contributed by atoms with Crippen molar-refractivity contribution < 1.29 is 13.5 Å². The summed E-state index contributed by atoms with van der Waals surface area (Å²) >= 11 is 6.23. The molecule has 0 spiro atoms. The molecule has 0 amide bonds. The third kappa shape index (κ3) is 3.70. The highest BCUT2D eigenvalue weighted by Crippen LogP contribution is 2.27. The van der Waals surface area contributed by atoms with Gasteiger partial charge in [-0.05, 0) is 48.2 Å². The van der Waals surface area contributed by atoms with Crippen molar-refractivity contribution in [2.24, 2.45) is 0 Å². The normalized spacial score (nSPS) is 12.2. The third-order valence-corrected chi connectivity index (χ3v) is 3.62. The predicted molar refractivity (Wildman–Crippen MR) is 76.3 cm³/mol. The van der Waals surface area contributed by atoms with Crippen LogP contribution in [0.4, 0.5) is 8.78 Å². The Morgan fingerprint density at radius 3 is 2.35 bits per heavy atom. The summed E-state index contributed by atoms with van der Waals surface area (Å²) < 4.78 is 31.1. The van der Waals surface area contributed by atoms with Gasteiger partial charge in [0.15, 0.2) is 11.6 Å². The number of benzene rings is 2. The van der Waals surface area contributed by atoms with Gasteiger partial charge in [0.05, 0.1) is 12.5 Å². The highest BCUT2D eigenvalue weighted by atomic mass is 35.5. The number of halogens is 3. The first-order valence-electron chi connectivity index (χ1n) is 6.32. The Hall–Kier alpha value is -1.61. The summed E-state index contributed by atoms with van der Waals surface area (Å²) in [5, 5.41) is -0.341. The lowest BCUT2D eigenvalue weighted by atomic mass is 10.0. The van der Waals surface area contributed by atoms with Gasteiger partial charge in [0.25, 0.3) is 0 Å². The number of rotatable bonds is 5. The predicted octanol–water partition coefficient (Wildman–Crippen LogP) is 4.89. The zero-order valence-electron chi connectivity index (χ0n) is 11.1. The SMILES string of the molecule is COc1ccc(CCC(Cl)c2ccc(F)c(F)c2)cc1. The Morgan fingerprint density at radius 2 is 1.75 bits per heavy atom. The third-order valence-electron chi connectivity index (χ3n) is 3.15. The Labute approximate surface area is 122 Å². The Morgan fingerprint density at radius 1 is 1.05 bits per heavy atom. The molecular weight excluding hydrogens is 282 g/mol. The van der Waals surface area contributed by atoms with Crippen LogP contribution in [-0.2, 0) is 6.42 Å². The maximum absolute atomic E-state index is 13.1. The number of alkyl halides is 1. The van der Waals surface area contributed by atoms with Gasteiger partial charge in [-0.25, -0.2) is 8.78 Å². The van der Waals surface area contributed by atoms with E-state index in [1.807, 2.05) is 24.3 Å². The fourth-order valence-electron chi connectivity index (χ4n) is 1.96. The first-order chi connectivity index (χ1) is 9.60. The second-order valence-electron chi connectivity index (χ2n) is 4.53. The van der Waals surface area contributed by atoms with Gasteiger partial charge in [-0.15, -0.1) is 11.6 Å². The van der Waals surface area contributed by atoms with Crippen molar-refractivity contribution >= 4 is 11.6 Å². The van der Waals surface area contributed by atoms with E-state index in [9.17, 15) is 8.78 Å². The van der Waals surface area contributed by atoms with Crippen molar-refractivity contribution in [1.82, 2.24) is 0 Å². The number of methoxy groups -OCH3 is 1. The van der Waals surface area contributed by atoms with Gasteiger partial charge in [0, 0.05) is 0 Å². The van der Waals surface area contributed by atoms with E-state index in [1.54, 1.807) is 7.11 Å². The molecule has 0 heterocycles. The Kier molecular flexibility index (Phi) is 4.96. The first-order valence-corrected chi connectivity index (χ1v) is 6.75. The number of ether oxygens (including phenoxy) is 1. The van der Waals surface area contributed by atoms with Crippen LogP contribution in [0.15, 0.2) is 42.5 Å². The van der Waals surface area contributed by atoms with E-state index in [4.69, 9.17) is 16.3 Å². The van der Waals surface area contributed by atoms with Crippen LogP contribution < -0.4 is 4.74 Å². The van der Waals surface area contributed by atoms with Gasteiger partial charge in [0.1, 0.15) is 5.75 Å². The standard InChI is InChI=1S/C16H15ClF2O/c1-20-13-6-2-11(3-7-13)4-8-14(17)12-5-9-15(18)16(19)10-12/h2-3,5-7,9-10,14H,4,8H2,1H3. The molecule has 2 aromatic carbocycles. The summed E-state index contributed by atoms with van der Waals surface area (Å²) in [4.78, 5) is 0. The largest absolute Gasteiger partial charge is 0.497 e. The summed E-state index contributed by atoms with van der Waals surface area (Å²) in [6.07, 6.45) is 1.41. The maximum Gasteiger partial charge on any atom is 0.159 e. The van der Waals surface area contributed by atoms with Crippen molar-refractivity contribution in [3.63, 3.8) is 0 Å². The molecule has 0 bridgehead atoms. The molecule has 20 heavy (non-hydrogen) atoms. The Balaban J connectivity index is 1.96. The number of hydrogen-bond donors (Lipinski definition) is 0. The average Bonchev–Trinajstić information content (AvgIpc) is 2.48. The zero-order valence-corrected chi connectivity index (χ0v) is 11.8. The van der Waals surface area contributed by atoms with Gasteiger partial charge < -0.3 is 4.74 Å². The Bertz CT molecular complexity index is 569. The molecule has 1 nitrogen and oxygen atoms in total. The quantitative estimate of drug-likeness (QED) is 0.714. The zero-order chi connectivity index (χ0) is 14.5.